The zero-order valence-electron chi connectivity index (χ0n) is 9.96. The molecule has 0 saturated carbocycles. The molecule has 1 aliphatic rings. The number of hydrogen-bond acceptors (Lipinski definition) is 3. The van der Waals surface area contributed by atoms with E-state index in [0.29, 0.717) is 0 Å². The summed E-state index contributed by atoms with van der Waals surface area (Å²) in [5.41, 5.74) is 11.0. The highest BCUT2D eigenvalue weighted by Crippen LogP contribution is 2.22. The molecule has 0 bridgehead atoms. The van der Waals surface area contributed by atoms with E-state index in [0.717, 1.165) is 25.6 Å². The largest absolute Gasteiger partial charge is 0.330 e. The third-order valence-corrected chi connectivity index (χ3v) is 3.47. The van der Waals surface area contributed by atoms with Crippen LogP contribution in [0.4, 0.5) is 0 Å². The van der Waals surface area contributed by atoms with Crippen LogP contribution in [0.25, 0.3) is 0 Å². The Balaban J connectivity index is 1.99. The predicted molar refractivity (Wildman–Crippen MR) is 65.7 cm³/mol. The van der Waals surface area contributed by atoms with Gasteiger partial charge in [-0.2, -0.15) is 0 Å². The van der Waals surface area contributed by atoms with Crippen LogP contribution in [-0.4, -0.2) is 37.6 Å². The van der Waals surface area contributed by atoms with Gasteiger partial charge in [0.05, 0.1) is 0 Å². The number of nitrogens with two attached hydrogens (primary N) is 2. The van der Waals surface area contributed by atoms with Crippen molar-refractivity contribution >= 4 is 0 Å². The van der Waals surface area contributed by atoms with E-state index in [-0.39, 0.29) is 0 Å². The molecule has 0 radical (unpaired) electrons. The summed E-state index contributed by atoms with van der Waals surface area (Å²) in [4.78, 5) is 2.50. The first-order valence-corrected chi connectivity index (χ1v) is 6.49. The lowest BCUT2D eigenvalue weighted by atomic mass is 9.91. The molecular formula is C12H27N3. The topological polar surface area (TPSA) is 55.3 Å². The van der Waals surface area contributed by atoms with Crippen molar-refractivity contribution in [3.63, 3.8) is 0 Å². The first kappa shape index (κ1) is 12.9. The van der Waals surface area contributed by atoms with E-state index in [4.69, 9.17) is 11.5 Å². The standard InChI is InChI=1S/C12H27N3/c13-7-3-1-2-4-12-5-9-15(10-6-12)11-8-14/h12H,1-11,13-14H2. The zero-order chi connectivity index (χ0) is 10.9. The second kappa shape index (κ2) is 8.08. The van der Waals surface area contributed by atoms with E-state index in [1.54, 1.807) is 0 Å². The summed E-state index contributed by atoms with van der Waals surface area (Å²) in [5.74, 6) is 0.969. The van der Waals surface area contributed by atoms with E-state index in [9.17, 15) is 0 Å². The van der Waals surface area contributed by atoms with Crippen LogP contribution in [0, 0.1) is 5.92 Å². The molecule has 0 unspecified atom stereocenters. The van der Waals surface area contributed by atoms with Crippen molar-refractivity contribution in [3.05, 3.63) is 0 Å². The third kappa shape index (κ3) is 5.50. The molecule has 90 valence electrons. The molecule has 0 atom stereocenters. The van der Waals surface area contributed by atoms with Gasteiger partial charge >= 0.3 is 0 Å². The van der Waals surface area contributed by atoms with Gasteiger partial charge in [0.1, 0.15) is 0 Å². The van der Waals surface area contributed by atoms with Gasteiger partial charge in [-0.1, -0.05) is 19.3 Å². The van der Waals surface area contributed by atoms with Crippen LogP contribution in [0.3, 0.4) is 0 Å². The fourth-order valence-electron chi connectivity index (χ4n) is 2.44. The van der Waals surface area contributed by atoms with Gasteiger partial charge in [0, 0.05) is 13.1 Å². The molecule has 1 fully saturated rings. The van der Waals surface area contributed by atoms with Crippen molar-refractivity contribution in [2.75, 3.05) is 32.7 Å². The summed E-state index contributed by atoms with van der Waals surface area (Å²) in [6, 6.07) is 0. The lowest BCUT2D eigenvalue weighted by Crippen LogP contribution is -2.37. The molecule has 3 nitrogen and oxygen atoms in total. The van der Waals surface area contributed by atoms with Gasteiger partial charge in [-0.3, -0.25) is 0 Å². The molecule has 0 aromatic rings. The molecule has 1 aliphatic heterocycles. The Labute approximate surface area is 94.2 Å². The monoisotopic (exact) mass is 213 g/mol. The van der Waals surface area contributed by atoms with Crippen LogP contribution in [-0.2, 0) is 0 Å². The van der Waals surface area contributed by atoms with Crippen molar-refractivity contribution in [1.82, 2.24) is 4.90 Å². The molecule has 4 N–H and O–H groups in total. The lowest BCUT2D eigenvalue weighted by Gasteiger charge is -2.31. The molecule has 1 rings (SSSR count). The summed E-state index contributed by atoms with van der Waals surface area (Å²) >= 11 is 0. The summed E-state index contributed by atoms with van der Waals surface area (Å²) in [6.45, 7) is 5.27. The maximum Gasteiger partial charge on any atom is 0.0105 e. The zero-order valence-corrected chi connectivity index (χ0v) is 9.96. The van der Waals surface area contributed by atoms with Crippen molar-refractivity contribution in [1.29, 1.82) is 0 Å². The first-order valence-electron chi connectivity index (χ1n) is 6.49. The maximum absolute atomic E-state index is 5.55. The smallest absolute Gasteiger partial charge is 0.0105 e. The highest BCUT2D eigenvalue weighted by atomic mass is 15.1. The summed E-state index contributed by atoms with van der Waals surface area (Å²) < 4.78 is 0. The quantitative estimate of drug-likeness (QED) is 0.624. The van der Waals surface area contributed by atoms with E-state index < -0.39 is 0 Å². The molecule has 15 heavy (non-hydrogen) atoms. The minimum Gasteiger partial charge on any atom is -0.330 e. The van der Waals surface area contributed by atoms with E-state index in [2.05, 4.69) is 4.90 Å². The Kier molecular flexibility index (Phi) is 6.98. The van der Waals surface area contributed by atoms with Gasteiger partial charge < -0.3 is 16.4 Å². The molecule has 0 spiro atoms. The normalized spacial score (nSPS) is 19.6. The van der Waals surface area contributed by atoms with Crippen molar-refractivity contribution in [2.45, 2.75) is 38.5 Å². The third-order valence-electron chi connectivity index (χ3n) is 3.47. The Hall–Kier alpha value is -0.120. The summed E-state index contributed by atoms with van der Waals surface area (Å²) in [5, 5.41) is 0. The number of rotatable bonds is 7. The number of likely N-dealkylation sites (tertiary alicyclic amines) is 1. The molecule has 0 aromatic carbocycles. The lowest BCUT2D eigenvalue weighted by molar-refractivity contribution is 0.181. The van der Waals surface area contributed by atoms with Gasteiger partial charge in [0.2, 0.25) is 0 Å². The second-order valence-electron chi connectivity index (χ2n) is 4.71. The molecule has 0 aliphatic carbocycles. The molecule has 0 aromatic heterocycles. The maximum atomic E-state index is 5.55. The van der Waals surface area contributed by atoms with Crippen LogP contribution in [0.5, 0.6) is 0 Å². The van der Waals surface area contributed by atoms with Crippen LogP contribution in [0.15, 0.2) is 0 Å². The molecular weight excluding hydrogens is 186 g/mol. The number of piperidine rings is 1. The Morgan fingerprint density at radius 1 is 0.933 bits per heavy atom. The summed E-state index contributed by atoms with van der Waals surface area (Å²) in [6.07, 6.45) is 8.06. The fourth-order valence-corrected chi connectivity index (χ4v) is 2.44. The van der Waals surface area contributed by atoms with Gasteiger partial charge in [-0.05, 0) is 44.8 Å². The Morgan fingerprint density at radius 3 is 2.27 bits per heavy atom. The number of hydrogen-bond donors (Lipinski definition) is 2. The average molecular weight is 213 g/mol. The SMILES string of the molecule is NCCCCCC1CCN(CCN)CC1. The second-order valence-corrected chi connectivity index (χ2v) is 4.71. The Bertz CT molecular complexity index is 139. The van der Waals surface area contributed by atoms with Crippen LogP contribution in [0.2, 0.25) is 0 Å². The van der Waals surface area contributed by atoms with E-state index in [1.165, 1.54) is 51.6 Å². The van der Waals surface area contributed by atoms with Crippen molar-refractivity contribution < 1.29 is 0 Å². The van der Waals surface area contributed by atoms with Gasteiger partial charge in [-0.15, -0.1) is 0 Å². The number of nitrogens with zero attached hydrogens (tertiary/aromatic N) is 1. The minimum atomic E-state index is 0.807. The highest BCUT2D eigenvalue weighted by molar-refractivity contribution is 4.72. The van der Waals surface area contributed by atoms with Crippen LogP contribution < -0.4 is 11.5 Å². The molecule has 1 saturated heterocycles. The molecule has 1 heterocycles. The first-order chi connectivity index (χ1) is 7.36. The molecule has 0 amide bonds. The fraction of sp³-hybridized carbons (Fsp3) is 1.00. The molecule has 3 heteroatoms. The Morgan fingerprint density at radius 2 is 1.67 bits per heavy atom. The summed E-state index contributed by atoms with van der Waals surface area (Å²) in [7, 11) is 0. The van der Waals surface area contributed by atoms with Crippen LogP contribution >= 0.6 is 0 Å². The van der Waals surface area contributed by atoms with Crippen molar-refractivity contribution in [3.8, 4) is 0 Å². The minimum absolute atomic E-state index is 0.807. The number of unbranched alkanes of at least 4 members (excludes halogenated alkanes) is 2. The van der Waals surface area contributed by atoms with Gasteiger partial charge in [0.25, 0.3) is 0 Å². The van der Waals surface area contributed by atoms with Gasteiger partial charge in [-0.25, -0.2) is 0 Å². The van der Waals surface area contributed by atoms with Gasteiger partial charge in [0.15, 0.2) is 0 Å². The van der Waals surface area contributed by atoms with Crippen LogP contribution in [0.1, 0.15) is 38.5 Å². The van der Waals surface area contributed by atoms with E-state index >= 15 is 0 Å². The highest BCUT2D eigenvalue weighted by Gasteiger charge is 2.17. The van der Waals surface area contributed by atoms with E-state index in [1.807, 2.05) is 0 Å². The predicted octanol–water partition coefficient (Wildman–Crippen LogP) is 1.18. The van der Waals surface area contributed by atoms with Crippen molar-refractivity contribution in [2.24, 2.45) is 17.4 Å². The average Bonchev–Trinajstić information content (AvgIpc) is 2.27.